The quantitative estimate of drug-likeness (QED) is 0.752. The molecule has 3 aromatic rings. The molecule has 3 aromatic carbocycles. The van der Waals surface area contributed by atoms with E-state index >= 15 is 0 Å². The Labute approximate surface area is 124 Å². The number of hydrogen-bond acceptors (Lipinski definition) is 2. The summed E-state index contributed by atoms with van der Waals surface area (Å²) in [6.45, 7) is 0.505. The fraction of sp³-hybridized carbons (Fsp3) is 0.0526. The molecule has 0 heterocycles. The molecule has 21 heavy (non-hydrogen) atoms. The zero-order chi connectivity index (χ0) is 14.5. The van der Waals surface area contributed by atoms with Gasteiger partial charge in [0.15, 0.2) is 0 Å². The van der Waals surface area contributed by atoms with E-state index in [1.165, 1.54) is 0 Å². The number of aromatic hydroxyl groups is 1. The maximum absolute atomic E-state index is 10.0. The van der Waals surface area contributed by atoms with E-state index < -0.39 is 0 Å². The van der Waals surface area contributed by atoms with E-state index in [1.54, 1.807) is 6.07 Å². The molecule has 0 aliphatic heterocycles. The van der Waals surface area contributed by atoms with Crippen LogP contribution in [0.4, 0.5) is 0 Å². The molecule has 0 aliphatic carbocycles. The van der Waals surface area contributed by atoms with E-state index in [1.807, 2.05) is 72.8 Å². The van der Waals surface area contributed by atoms with E-state index in [9.17, 15) is 5.11 Å². The Morgan fingerprint density at radius 1 is 0.667 bits per heavy atom. The van der Waals surface area contributed by atoms with Crippen LogP contribution in [-0.4, -0.2) is 5.11 Å². The minimum Gasteiger partial charge on any atom is -0.507 e. The third-order valence-electron chi connectivity index (χ3n) is 3.32. The number of phenolic OH excluding ortho intramolecular Hbond substituents is 1. The predicted octanol–water partition coefficient (Wildman–Crippen LogP) is 4.64. The average molecular weight is 276 g/mol. The molecule has 104 valence electrons. The van der Waals surface area contributed by atoms with Crippen molar-refractivity contribution in [2.24, 2.45) is 0 Å². The van der Waals surface area contributed by atoms with Gasteiger partial charge in [-0.2, -0.15) is 0 Å². The lowest BCUT2D eigenvalue weighted by Crippen LogP contribution is -1.96. The molecule has 0 atom stereocenters. The lowest BCUT2D eigenvalue weighted by molar-refractivity contribution is 0.307. The second-order valence-corrected chi connectivity index (χ2v) is 4.79. The van der Waals surface area contributed by atoms with Gasteiger partial charge in [0, 0.05) is 11.1 Å². The Bertz CT molecular complexity index is 720. The van der Waals surface area contributed by atoms with Crippen LogP contribution in [0.3, 0.4) is 0 Å². The van der Waals surface area contributed by atoms with Gasteiger partial charge in [0.1, 0.15) is 18.1 Å². The largest absolute Gasteiger partial charge is 0.507 e. The van der Waals surface area contributed by atoms with Gasteiger partial charge in [-0.25, -0.2) is 0 Å². The molecule has 0 aromatic heterocycles. The van der Waals surface area contributed by atoms with Crippen LogP contribution in [-0.2, 0) is 6.61 Å². The second-order valence-electron chi connectivity index (χ2n) is 4.79. The fourth-order valence-electron chi connectivity index (χ4n) is 2.25. The van der Waals surface area contributed by atoms with E-state index in [2.05, 4.69) is 0 Å². The average Bonchev–Trinajstić information content (AvgIpc) is 2.55. The predicted molar refractivity (Wildman–Crippen MR) is 84.3 cm³/mol. The van der Waals surface area contributed by atoms with E-state index in [4.69, 9.17) is 4.74 Å². The van der Waals surface area contributed by atoms with Gasteiger partial charge in [-0.1, -0.05) is 66.7 Å². The first-order valence-electron chi connectivity index (χ1n) is 6.89. The number of hydrogen-bond donors (Lipinski definition) is 1. The topological polar surface area (TPSA) is 29.5 Å². The van der Waals surface area contributed by atoms with Crippen LogP contribution >= 0.6 is 0 Å². The minimum absolute atomic E-state index is 0.258. The first-order valence-corrected chi connectivity index (χ1v) is 6.89. The molecule has 0 unspecified atom stereocenters. The van der Waals surface area contributed by atoms with Gasteiger partial charge in [0.25, 0.3) is 0 Å². The third-order valence-corrected chi connectivity index (χ3v) is 3.32. The lowest BCUT2D eigenvalue weighted by atomic mass is 10.0. The van der Waals surface area contributed by atoms with Crippen LogP contribution in [0.2, 0.25) is 0 Å². The maximum atomic E-state index is 10.0. The highest BCUT2D eigenvalue weighted by molar-refractivity contribution is 5.75. The summed E-state index contributed by atoms with van der Waals surface area (Å²) in [7, 11) is 0. The SMILES string of the molecule is Oc1ccccc1-c1ccccc1OCc1ccccc1. The van der Waals surface area contributed by atoms with Gasteiger partial charge < -0.3 is 9.84 Å². The Hall–Kier alpha value is -2.74. The molecule has 3 rings (SSSR count). The standard InChI is InChI=1S/C19H16O2/c20-18-12-6-4-10-16(18)17-11-5-7-13-19(17)21-14-15-8-2-1-3-9-15/h1-13,20H,14H2. The van der Waals surface area contributed by atoms with Crippen molar-refractivity contribution in [3.05, 3.63) is 84.4 Å². The van der Waals surface area contributed by atoms with Crippen molar-refractivity contribution < 1.29 is 9.84 Å². The van der Waals surface area contributed by atoms with Crippen LogP contribution < -0.4 is 4.74 Å². The molecule has 2 nitrogen and oxygen atoms in total. The van der Waals surface area contributed by atoms with Crippen molar-refractivity contribution in [1.29, 1.82) is 0 Å². The highest BCUT2D eigenvalue weighted by Gasteiger charge is 2.09. The maximum Gasteiger partial charge on any atom is 0.127 e. The normalized spacial score (nSPS) is 10.3. The van der Waals surface area contributed by atoms with Gasteiger partial charge >= 0.3 is 0 Å². The summed E-state index contributed by atoms with van der Waals surface area (Å²) < 4.78 is 5.92. The van der Waals surface area contributed by atoms with Crippen molar-refractivity contribution in [3.8, 4) is 22.6 Å². The molecule has 0 bridgehead atoms. The minimum atomic E-state index is 0.258. The van der Waals surface area contributed by atoms with Crippen molar-refractivity contribution in [1.82, 2.24) is 0 Å². The Balaban J connectivity index is 1.88. The molecule has 0 fully saturated rings. The van der Waals surface area contributed by atoms with E-state index in [0.29, 0.717) is 6.61 Å². The number of benzene rings is 3. The fourth-order valence-corrected chi connectivity index (χ4v) is 2.25. The first kappa shape index (κ1) is 13.3. The summed E-state index contributed by atoms with van der Waals surface area (Å²) in [6.07, 6.45) is 0. The summed E-state index contributed by atoms with van der Waals surface area (Å²) >= 11 is 0. The summed E-state index contributed by atoms with van der Waals surface area (Å²) in [5.74, 6) is 1.02. The molecule has 1 N–H and O–H groups in total. The second kappa shape index (κ2) is 6.14. The summed E-state index contributed by atoms with van der Waals surface area (Å²) in [5.41, 5.74) is 2.79. The molecular weight excluding hydrogens is 260 g/mol. The highest BCUT2D eigenvalue weighted by atomic mass is 16.5. The highest BCUT2D eigenvalue weighted by Crippen LogP contribution is 2.35. The van der Waals surface area contributed by atoms with Crippen molar-refractivity contribution in [3.63, 3.8) is 0 Å². The van der Waals surface area contributed by atoms with E-state index in [-0.39, 0.29) is 5.75 Å². The molecule has 0 radical (unpaired) electrons. The number of rotatable bonds is 4. The van der Waals surface area contributed by atoms with Crippen LogP contribution in [0.25, 0.3) is 11.1 Å². The molecule has 0 aliphatic rings. The molecular formula is C19H16O2. The lowest BCUT2D eigenvalue weighted by Gasteiger charge is -2.12. The van der Waals surface area contributed by atoms with Crippen molar-refractivity contribution in [2.45, 2.75) is 6.61 Å². The zero-order valence-electron chi connectivity index (χ0n) is 11.6. The van der Waals surface area contributed by atoms with Crippen molar-refractivity contribution >= 4 is 0 Å². The summed E-state index contributed by atoms with van der Waals surface area (Å²) in [6, 6.07) is 25.1. The Morgan fingerprint density at radius 3 is 2.05 bits per heavy atom. The summed E-state index contributed by atoms with van der Waals surface area (Å²) in [4.78, 5) is 0. The molecule has 0 saturated carbocycles. The number of ether oxygens (including phenoxy) is 1. The van der Waals surface area contributed by atoms with Crippen LogP contribution in [0.15, 0.2) is 78.9 Å². The molecule has 0 saturated heterocycles. The zero-order valence-corrected chi connectivity index (χ0v) is 11.6. The molecule has 0 spiro atoms. The van der Waals surface area contributed by atoms with Gasteiger partial charge in [0.2, 0.25) is 0 Å². The monoisotopic (exact) mass is 276 g/mol. The number of phenols is 1. The smallest absolute Gasteiger partial charge is 0.127 e. The van der Waals surface area contributed by atoms with Gasteiger partial charge in [0.05, 0.1) is 0 Å². The first-order chi connectivity index (χ1) is 10.3. The number of para-hydroxylation sites is 2. The van der Waals surface area contributed by atoms with Gasteiger partial charge in [-0.05, 0) is 17.7 Å². The van der Waals surface area contributed by atoms with Crippen molar-refractivity contribution in [2.75, 3.05) is 0 Å². The Morgan fingerprint density at radius 2 is 1.29 bits per heavy atom. The van der Waals surface area contributed by atoms with Gasteiger partial charge in [-0.3, -0.25) is 0 Å². The third kappa shape index (κ3) is 3.06. The van der Waals surface area contributed by atoms with Crippen LogP contribution in [0, 0.1) is 0 Å². The Kier molecular flexibility index (Phi) is 3.88. The van der Waals surface area contributed by atoms with Crippen LogP contribution in [0.1, 0.15) is 5.56 Å². The van der Waals surface area contributed by atoms with Crippen LogP contribution in [0.5, 0.6) is 11.5 Å². The summed E-state index contributed by atoms with van der Waals surface area (Å²) in [5, 5.41) is 10.0. The van der Waals surface area contributed by atoms with Gasteiger partial charge in [-0.15, -0.1) is 0 Å². The molecule has 0 amide bonds. The molecule has 2 heteroatoms. The van der Waals surface area contributed by atoms with E-state index in [0.717, 1.165) is 22.4 Å².